The number of hydrogen-bond donors (Lipinski definition) is 1. The fourth-order valence-corrected chi connectivity index (χ4v) is 4.52. The molecule has 0 bridgehead atoms. The summed E-state index contributed by atoms with van der Waals surface area (Å²) in [5.41, 5.74) is 0. The molecular formula is C26H52N2O. The Morgan fingerprint density at radius 1 is 0.690 bits per heavy atom. The van der Waals surface area contributed by atoms with Crippen molar-refractivity contribution in [3.05, 3.63) is 0 Å². The quantitative estimate of drug-likeness (QED) is 0.188. The summed E-state index contributed by atoms with van der Waals surface area (Å²) in [6.45, 7) is 4.23. The van der Waals surface area contributed by atoms with Gasteiger partial charge in [-0.2, -0.15) is 0 Å². The highest BCUT2D eigenvalue weighted by atomic mass is 16.3. The van der Waals surface area contributed by atoms with Crippen LogP contribution in [0.15, 0.2) is 4.99 Å². The zero-order valence-electron chi connectivity index (χ0n) is 19.8. The smallest absolute Gasteiger partial charge is 0.102 e. The molecule has 1 atom stereocenters. The molecule has 1 heterocycles. The summed E-state index contributed by atoms with van der Waals surface area (Å²) in [5.74, 6) is 0. The predicted octanol–water partition coefficient (Wildman–Crippen LogP) is 7.51. The van der Waals surface area contributed by atoms with Gasteiger partial charge in [0.1, 0.15) is 6.17 Å². The Hall–Kier alpha value is -0.410. The molecule has 1 unspecified atom stereocenters. The van der Waals surface area contributed by atoms with Crippen molar-refractivity contribution >= 4 is 6.21 Å². The summed E-state index contributed by atoms with van der Waals surface area (Å²) in [6, 6.07) is 0. The maximum absolute atomic E-state index is 9.08. The minimum atomic E-state index is 0.249. The third-order valence-electron chi connectivity index (χ3n) is 6.47. The molecule has 0 aromatic rings. The molecule has 0 radical (unpaired) electrons. The van der Waals surface area contributed by atoms with Gasteiger partial charge in [-0.3, -0.25) is 9.89 Å². The molecule has 1 aliphatic rings. The Kier molecular flexibility index (Phi) is 19.1. The van der Waals surface area contributed by atoms with Crippen LogP contribution in [0.4, 0.5) is 0 Å². The molecule has 29 heavy (non-hydrogen) atoms. The summed E-state index contributed by atoms with van der Waals surface area (Å²) in [7, 11) is 0. The van der Waals surface area contributed by atoms with E-state index in [2.05, 4.69) is 16.8 Å². The van der Waals surface area contributed by atoms with Gasteiger partial charge in [0.15, 0.2) is 0 Å². The Balaban J connectivity index is 1.71. The van der Waals surface area contributed by atoms with Crippen LogP contribution in [0.3, 0.4) is 0 Å². The Labute approximate surface area is 182 Å². The van der Waals surface area contributed by atoms with Crippen molar-refractivity contribution in [3.8, 4) is 0 Å². The number of aliphatic hydroxyl groups excluding tert-OH is 1. The van der Waals surface area contributed by atoms with Crippen LogP contribution < -0.4 is 0 Å². The van der Waals surface area contributed by atoms with Gasteiger partial charge >= 0.3 is 0 Å². The molecular weight excluding hydrogens is 356 g/mol. The van der Waals surface area contributed by atoms with Crippen molar-refractivity contribution in [3.63, 3.8) is 0 Å². The predicted molar refractivity (Wildman–Crippen MR) is 129 cm³/mol. The summed E-state index contributed by atoms with van der Waals surface area (Å²) >= 11 is 0. The van der Waals surface area contributed by atoms with Gasteiger partial charge in [0.25, 0.3) is 0 Å². The van der Waals surface area contributed by atoms with Gasteiger partial charge in [-0.1, -0.05) is 122 Å². The lowest BCUT2D eigenvalue weighted by Gasteiger charge is -2.21. The number of hydrogen-bond acceptors (Lipinski definition) is 3. The first-order valence-corrected chi connectivity index (χ1v) is 13.2. The van der Waals surface area contributed by atoms with Crippen LogP contribution in [0.25, 0.3) is 0 Å². The van der Waals surface area contributed by atoms with Gasteiger partial charge in [0.2, 0.25) is 0 Å². The van der Waals surface area contributed by atoms with Crippen LogP contribution in [0, 0.1) is 0 Å². The van der Waals surface area contributed by atoms with E-state index in [9.17, 15) is 0 Å². The maximum Gasteiger partial charge on any atom is 0.102 e. The lowest BCUT2D eigenvalue weighted by atomic mass is 10.0. The fraction of sp³-hybridized carbons (Fsp3) is 0.962. The van der Waals surface area contributed by atoms with Crippen molar-refractivity contribution in [2.24, 2.45) is 4.99 Å². The third-order valence-corrected chi connectivity index (χ3v) is 6.47. The highest BCUT2D eigenvalue weighted by Gasteiger charge is 2.19. The second-order valence-corrected chi connectivity index (χ2v) is 9.18. The number of nitrogens with zero attached hydrogens (tertiary/aromatic N) is 2. The summed E-state index contributed by atoms with van der Waals surface area (Å²) in [4.78, 5) is 6.83. The third kappa shape index (κ3) is 16.0. The lowest BCUT2D eigenvalue weighted by molar-refractivity contribution is 0.176. The van der Waals surface area contributed by atoms with Gasteiger partial charge < -0.3 is 5.11 Å². The first-order valence-electron chi connectivity index (χ1n) is 13.2. The molecule has 0 amide bonds. The van der Waals surface area contributed by atoms with E-state index in [4.69, 9.17) is 5.11 Å². The van der Waals surface area contributed by atoms with E-state index in [-0.39, 0.29) is 6.61 Å². The Morgan fingerprint density at radius 3 is 1.52 bits per heavy atom. The molecule has 1 N–H and O–H groups in total. The van der Waals surface area contributed by atoms with Gasteiger partial charge in [-0.05, 0) is 12.8 Å². The minimum Gasteiger partial charge on any atom is -0.395 e. The molecule has 1 rings (SSSR count). The average molecular weight is 409 g/mol. The van der Waals surface area contributed by atoms with E-state index in [0.29, 0.717) is 6.17 Å². The summed E-state index contributed by atoms with van der Waals surface area (Å²) in [5, 5.41) is 9.08. The van der Waals surface area contributed by atoms with E-state index < -0.39 is 0 Å². The molecule has 0 aromatic carbocycles. The molecule has 1 aliphatic heterocycles. The van der Waals surface area contributed by atoms with Gasteiger partial charge in [0, 0.05) is 19.3 Å². The largest absolute Gasteiger partial charge is 0.395 e. The molecule has 3 nitrogen and oxygen atoms in total. The molecule has 3 heteroatoms. The van der Waals surface area contributed by atoms with Gasteiger partial charge in [-0.25, -0.2) is 0 Å². The minimum absolute atomic E-state index is 0.249. The zero-order valence-corrected chi connectivity index (χ0v) is 19.8. The fourth-order valence-electron chi connectivity index (χ4n) is 4.52. The molecule has 0 aromatic heterocycles. The summed E-state index contributed by atoms with van der Waals surface area (Å²) in [6.07, 6.45) is 30.7. The highest BCUT2D eigenvalue weighted by Crippen LogP contribution is 2.17. The van der Waals surface area contributed by atoms with E-state index in [1.807, 2.05) is 6.21 Å². The Morgan fingerprint density at radius 2 is 1.10 bits per heavy atom. The van der Waals surface area contributed by atoms with E-state index in [1.165, 1.54) is 122 Å². The molecule has 0 spiro atoms. The second-order valence-electron chi connectivity index (χ2n) is 9.18. The van der Waals surface area contributed by atoms with E-state index in [1.54, 1.807) is 0 Å². The second kappa shape index (κ2) is 20.8. The molecule has 172 valence electrons. The zero-order chi connectivity index (χ0) is 20.8. The van der Waals surface area contributed by atoms with Crippen LogP contribution in [0.2, 0.25) is 0 Å². The van der Waals surface area contributed by atoms with Crippen molar-refractivity contribution in [2.45, 2.75) is 142 Å². The van der Waals surface area contributed by atoms with Crippen LogP contribution in [-0.4, -0.2) is 42.1 Å². The summed E-state index contributed by atoms with van der Waals surface area (Å²) < 4.78 is 0. The molecule has 0 saturated carbocycles. The topological polar surface area (TPSA) is 35.8 Å². The first kappa shape index (κ1) is 26.6. The molecule has 0 saturated heterocycles. The number of β-amino-alcohol motifs (C(OH)–C–C–N with tert-alkyl or cyclic N) is 1. The van der Waals surface area contributed by atoms with Crippen LogP contribution in [0.5, 0.6) is 0 Å². The SMILES string of the molecule is CCCCCCCCCCCCCCCCCCCCCC1N=CCN1CCO. The monoisotopic (exact) mass is 408 g/mol. The van der Waals surface area contributed by atoms with Crippen molar-refractivity contribution in [1.29, 1.82) is 0 Å². The van der Waals surface area contributed by atoms with Gasteiger partial charge in [0.05, 0.1) is 6.61 Å². The van der Waals surface area contributed by atoms with E-state index >= 15 is 0 Å². The maximum atomic E-state index is 9.08. The van der Waals surface area contributed by atoms with E-state index in [0.717, 1.165) is 19.5 Å². The van der Waals surface area contributed by atoms with Crippen LogP contribution in [0.1, 0.15) is 135 Å². The number of aliphatic imine (C=N–C) groups is 1. The van der Waals surface area contributed by atoms with Crippen LogP contribution in [-0.2, 0) is 0 Å². The Bertz CT molecular complexity index is 359. The standard InChI is InChI=1S/C26H52N2O/c1-2-3-4-5-6-7-8-9-10-11-12-13-14-15-16-17-18-19-20-21-26-27-22-23-28(26)24-25-29/h22,26,29H,2-21,23-25H2,1H3. The lowest BCUT2D eigenvalue weighted by Crippen LogP contribution is -2.32. The van der Waals surface area contributed by atoms with Crippen molar-refractivity contribution < 1.29 is 5.11 Å². The molecule has 0 aliphatic carbocycles. The number of aliphatic hydroxyl groups is 1. The molecule has 0 fully saturated rings. The highest BCUT2D eigenvalue weighted by molar-refractivity contribution is 5.62. The van der Waals surface area contributed by atoms with Crippen molar-refractivity contribution in [2.75, 3.05) is 19.7 Å². The van der Waals surface area contributed by atoms with Crippen LogP contribution >= 0.6 is 0 Å². The number of unbranched alkanes of at least 4 members (excludes halogenated alkanes) is 18. The normalized spacial score (nSPS) is 16.8. The first-order chi connectivity index (χ1) is 14.4. The van der Waals surface area contributed by atoms with Gasteiger partial charge in [-0.15, -0.1) is 0 Å². The number of rotatable bonds is 22. The van der Waals surface area contributed by atoms with Crippen molar-refractivity contribution in [1.82, 2.24) is 4.90 Å². The average Bonchev–Trinajstić information content (AvgIpc) is 3.17.